The van der Waals surface area contributed by atoms with Gasteiger partial charge in [-0.05, 0) is 33.3 Å². The summed E-state index contributed by atoms with van der Waals surface area (Å²) in [7, 11) is 0. The lowest BCUT2D eigenvalue weighted by Gasteiger charge is -2.26. The summed E-state index contributed by atoms with van der Waals surface area (Å²) in [6.07, 6.45) is 2.44. The highest BCUT2D eigenvalue weighted by atomic mass is 16.6. The Morgan fingerprint density at radius 1 is 1.41 bits per heavy atom. The maximum Gasteiger partial charge on any atom is 0.410 e. The first-order valence-electron chi connectivity index (χ1n) is 5.94. The largest absolute Gasteiger partial charge is 0.444 e. The van der Waals surface area contributed by atoms with Gasteiger partial charge in [0.25, 0.3) is 0 Å². The van der Waals surface area contributed by atoms with E-state index in [1.807, 2.05) is 31.5 Å². The van der Waals surface area contributed by atoms with Gasteiger partial charge < -0.3 is 9.64 Å². The van der Waals surface area contributed by atoms with Gasteiger partial charge in [0.05, 0.1) is 12.2 Å². The fraction of sp³-hybridized carbons (Fsp3) is 0.667. The molecule has 0 unspecified atom stereocenters. The molecule has 0 radical (unpaired) electrons. The zero-order valence-electron chi connectivity index (χ0n) is 10.6. The predicted molar refractivity (Wildman–Crippen MR) is 63.5 cm³/mol. The number of nitrogens with zero attached hydrogens (tertiary/aromatic N) is 3. The van der Waals surface area contributed by atoms with Gasteiger partial charge in [-0.1, -0.05) is 0 Å². The molecule has 0 saturated heterocycles. The molecule has 1 aromatic rings. The number of carbonyl (C=O) groups is 1. The second-order valence-corrected chi connectivity index (χ2v) is 5.30. The molecule has 0 saturated carbocycles. The number of hydrogen-bond acceptors (Lipinski definition) is 3. The van der Waals surface area contributed by atoms with E-state index >= 15 is 0 Å². The molecule has 0 fully saturated rings. The molecule has 1 aliphatic rings. The Morgan fingerprint density at radius 3 is 2.88 bits per heavy atom. The van der Waals surface area contributed by atoms with Crippen molar-refractivity contribution in [1.29, 1.82) is 0 Å². The predicted octanol–water partition coefficient (Wildman–Crippen LogP) is 2.02. The van der Waals surface area contributed by atoms with Crippen molar-refractivity contribution in [3.63, 3.8) is 0 Å². The van der Waals surface area contributed by atoms with Crippen molar-refractivity contribution < 1.29 is 9.53 Å². The van der Waals surface area contributed by atoms with Crippen molar-refractivity contribution in [2.45, 2.75) is 45.9 Å². The van der Waals surface area contributed by atoms with Crippen LogP contribution in [-0.2, 0) is 17.8 Å². The van der Waals surface area contributed by atoms with E-state index in [4.69, 9.17) is 4.74 Å². The molecule has 0 spiro atoms. The van der Waals surface area contributed by atoms with E-state index in [2.05, 4.69) is 5.10 Å². The van der Waals surface area contributed by atoms with Crippen LogP contribution in [0.4, 0.5) is 4.79 Å². The number of hydrogen-bond donors (Lipinski definition) is 0. The number of aryl methyl sites for hydroxylation is 1. The molecule has 0 aromatic carbocycles. The summed E-state index contributed by atoms with van der Waals surface area (Å²) in [5, 5.41) is 4.22. The summed E-state index contributed by atoms with van der Waals surface area (Å²) in [5.74, 6) is 0. The fourth-order valence-corrected chi connectivity index (χ4v) is 1.86. The van der Waals surface area contributed by atoms with Gasteiger partial charge in [-0.15, -0.1) is 0 Å². The minimum Gasteiger partial charge on any atom is -0.444 e. The van der Waals surface area contributed by atoms with Crippen molar-refractivity contribution in [2.24, 2.45) is 0 Å². The van der Waals surface area contributed by atoms with Crippen LogP contribution in [0.2, 0.25) is 0 Å². The zero-order valence-corrected chi connectivity index (χ0v) is 10.6. The Labute approximate surface area is 101 Å². The van der Waals surface area contributed by atoms with Crippen LogP contribution in [0.5, 0.6) is 0 Å². The lowest BCUT2D eigenvalue weighted by atomic mass is 10.2. The summed E-state index contributed by atoms with van der Waals surface area (Å²) in [4.78, 5) is 13.7. The minimum absolute atomic E-state index is 0.243. The number of ether oxygens (including phenoxy) is 1. The summed E-state index contributed by atoms with van der Waals surface area (Å²) < 4.78 is 7.33. The topological polar surface area (TPSA) is 47.4 Å². The van der Waals surface area contributed by atoms with Gasteiger partial charge in [0.2, 0.25) is 0 Å². The Balaban J connectivity index is 2.06. The third kappa shape index (κ3) is 2.99. The molecule has 1 aliphatic heterocycles. The lowest BCUT2D eigenvalue weighted by molar-refractivity contribution is 0.0236. The van der Waals surface area contributed by atoms with Crippen LogP contribution in [0.25, 0.3) is 0 Å². The first-order valence-corrected chi connectivity index (χ1v) is 5.94. The van der Waals surface area contributed by atoms with Crippen molar-refractivity contribution in [2.75, 3.05) is 6.54 Å². The summed E-state index contributed by atoms with van der Waals surface area (Å²) in [6, 6.07) is 1.95. The Hall–Kier alpha value is -1.52. The minimum atomic E-state index is -0.441. The Kier molecular flexibility index (Phi) is 3.09. The van der Waals surface area contributed by atoms with Gasteiger partial charge in [0, 0.05) is 19.3 Å². The van der Waals surface area contributed by atoms with Crippen molar-refractivity contribution in [1.82, 2.24) is 14.7 Å². The average Bonchev–Trinajstić information content (AvgIpc) is 2.53. The van der Waals surface area contributed by atoms with Crippen molar-refractivity contribution in [3.05, 3.63) is 18.0 Å². The number of carbonyl (C=O) groups excluding carboxylic acids is 1. The molecule has 94 valence electrons. The van der Waals surface area contributed by atoms with Crippen LogP contribution in [0.1, 0.15) is 32.9 Å². The van der Waals surface area contributed by atoms with Gasteiger partial charge in [0.15, 0.2) is 0 Å². The number of amides is 1. The van der Waals surface area contributed by atoms with Crippen molar-refractivity contribution in [3.8, 4) is 0 Å². The first kappa shape index (κ1) is 12.0. The fourth-order valence-electron chi connectivity index (χ4n) is 1.86. The van der Waals surface area contributed by atoms with Crippen LogP contribution in [0, 0.1) is 0 Å². The Bertz CT molecular complexity index is 406. The Morgan fingerprint density at radius 2 is 2.18 bits per heavy atom. The molecule has 0 aliphatic carbocycles. The molecule has 0 N–H and O–H groups in total. The van der Waals surface area contributed by atoms with Crippen LogP contribution in [0.15, 0.2) is 12.3 Å². The average molecular weight is 237 g/mol. The normalized spacial score (nSPS) is 16.3. The summed E-state index contributed by atoms with van der Waals surface area (Å²) in [6.45, 7) is 7.81. The molecule has 0 atom stereocenters. The van der Waals surface area contributed by atoms with Gasteiger partial charge in [-0.2, -0.15) is 5.10 Å². The smallest absolute Gasteiger partial charge is 0.410 e. The standard InChI is InChI=1S/C12H19N3O2/c1-12(2,3)17-11(16)14-7-4-8-15-10(9-14)5-6-13-15/h5-6H,4,7-9H2,1-3H3. The molecule has 5 heteroatoms. The highest BCUT2D eigenvalue weighted by molar-refractivity contribution is 5.68. The molecular formula is C12H19N3O2. The SMILES string of the molecule is CC(C)(C)OC(=O)N1CCCn2nccc2C1. The van der Waals surface area contributed by atoms with Crippen LogP contribution < -0.4 is 0 Å². The zero-order chi connectivity index (χ0) is 12.5. The highest BCUT2D eigenvalue weighted by Gasteiger charge is 2.24. The van der Waals surface area contributed by atoms with Crippen molar-refractivity contribution >= 4 is 6.09 Å². The first-order chi connectivity index (χ1) is 7.96. The second-order valence-electron chi connectivity index (χ2n) is 5.30. The highest BCUT2D eigenvalue weighted by Crippen LogP contribution is 2.15. The molecule has 5 nitrogen and oxygen atoms in total. The molecule has 1 amide bonds. The molecular weight excluding hydrogens is 218 g/mol. The summed E-state index contributed by atoms with van der Waals surface area (Å²) in [5.41, 5.74) is 0.622. The quantitative estimate of drug-likeness (QED) is 0.693. The van der Waals surface area contributed by atoms with E-state index in [-0.39, 0.29) is 6.09 Å². The van der Waals surface area contributed by atoms with E-state index in [1.165, 1.54) is 0 Å². The maximum absolute atomic E-state index is 12.0. The molecule has 2 heterocycles. The van der Waals surface area contributed by atoms with E-state index in [0.717, 1.165) is 25.2 Å². The van der Waals surface area contributed by atoms with Gasteiger partial charge in [-0.3, -0.25) is 4.68 Å². The van der Waals surface area contributed by atoms with Crippen LogP contribution in [-0.4, -0.2) is 32.9 Å². The molecule has 17 heavy (non-hydrogen) atoms. The monoisotopic (exact) mass is 237 g/mol. The van der Waals surface area contributed by atoms with Gasteiger partial charge in [-0.25, -0.2) is 4.79 Å². The van der Waals surface area contributed by atoms with Crippen LogP contribution in [0.3, 0.4) is 0 Å². The number of fused-ring (bicyclic) bond motifs is 1. The van der Waals surface area contributed by atoms with Crippen LogP contribution >= 0.6 is 0 Å². The molecule has 2 rings (SSSR count). The second kappa shape index (κ2) is 4.39. The maximum atomic E-state index is 12.0. The van der Waals surface area contributed by atoms with E-state index in [1.54, 1.807) is 11.1 Å². The third-order valence-corrected chi connectivity index (χ3v) is 2.61. The van der Waals surface area contributed by atoms with E-state index in [9.17, 15) is 4.79 Å². The third-order valence-electron chi connectivity index (χ3n) is 2.61. The number of rotatable bonds is 0. The molecule has 0 bridgehead atoms. The molecule has 1 aromatic heterocycles. The van der Waals surface area contributed by atoms with E-state index < -0.39 is 5.60 Å². The van der Waals surface area contributed by atoms with Gasteiger partial charge >= 0.3 is 6.09 Å². The summed E-state index contributed by atoms with van der Waals surface area (Å²) >= 11 is 0. The van der Waals surface area contributed by atoms with E-state index in [0.29, 0.717) is 6.54 Å². The number of aromatic nitrogens is 2. The lowest BCUT2D eigenvalue weighted by Crippen LogP contribution is -2.36. The van der Waals surface area contributed by atoms with Gasteiger partial charge in [0.1, 0.15) is 5.60 Å².